The summed E-state index contributed by atoms with van der Waals surface area (Å²) in [5, 5.41) is 0. The van der Waals surface area contributed by atoms with Crippen LogP contribution in [-0.4, -0.2) is 24.6 Å². The van der Waals surface area contributed by atoms with E-state index >= 15 is 0 Å². The Balaban J connectivity index is -0.0000000637. The minimum Gasteiger partial charge on any atom is -0.493 e. The van der Waals surface area contributed by atoms with Crippen molar-refractivity contribution in [3.8, 4) is 0 Å². The van der Waals surface area contributed by atoms with Gasteiger partial charge < -0.3 is 23.3 Å². The molecule has 2 atom stereocenters. The molecule has 0 bridgehead atoms. The molecule has 0 saturated heterocycles. The third kappa shape index (κ3) is 52.6. The van der Waals surface area contributed by atoms with Gasteiger partial charge in [0.15, 0.2) is 0 Å². The van der Waals surface area contributed by atoms with E-state index in [1.165, 1.54) is 0 Å². The molecule has 0 N–H and O–H groups in total. The predicted molar refractivity (Wildman–Crippen MR) is 149 cm³/mol. The molecule has 0 aliphatic carbocycles. The number of carbonyl (C=O) groups is 2. The summed E-state index contributed by atoms with van der Waals surface area (Å²) in [7, 11) is 0. The van der Waals surface area contributed by atoms with Gasteiger partial charge in [-0.25, -0.2) is 9.59 Å². The van der Waals surface area contributed by atoms with Gasteiger partial charge in [-0.15, -0.1) is 5.92 Å². The van der Waals surface area contributed by atoms with E-state index in [9.17, 15) is 9.59 Å². The molecule has 2 unspecified atom stereocenters. The van der Waals surface area contributed by atoms with E-state index in [2.05, 4.69) is 43.9 Å². The second-order valence-electron chi connectivity index (χ2n) is 6.63. The van der Waals surface area contributed by atoms with Gasteiger partial charge in [0.2, 0.25) is 0 Å². The fourth-order valence-electron chi connectivity index (χ4n) is 1.31. The van der Waals surface area contributed by atoms with Crippen LogP contribution in [0.1, 0.15) is 55.4 Å². The van der Waals surface area contributed by atoms with Gasteiger partial charge in [-0.3, -0.25) is 0 Å². The molecule has 0 spiro atoms. The third-order valence-corrected chi connectivity index (χ3v) is 2.72. The Morgan fingerprint density at radius 3 is 1.16 bits per heavy atom. The Labute approximate surface area is 310 Å². The first-order chi connectivity index (χ1) is 16.6. The van der Waals surface area contributed by atoms with Gasteiger partial charge >= 0.3 is 11.9 Å². The van der Waals surface area contributed by atoms with Crippen LogP contribution < -0.4 is 0 Å². The molecule has 0 aliphatic rings. The van der Waals surface area contributed by atoms with Crippen molar-refractivity contribution >= 4 is 11.9 Å². The molecule has 2 aromatic carbocycles. The van der Waals surface area contributed by atoms with E-state index < -0.39 is 0 Å². The molecule has 207 valence electrons. The summed E-state index contributed by atoms with van der Waals surface area (Å²) < 4.78 is 9.43. The summed E-state index contributed by atoms with van der Waals surface area (Å²) in [6, 6.07) is 25.0. The third-order valence-electron chi connectivity index (χ3n) is 2.72. The van der Waals surface area contributed by atoms with Gasteiger partial charge in [-0.1, -0.05) is 54.7 Å². The van der Waals surface area contributed by atoms with E-state index in [-0.39, 0.29) is 122 Å². The first-order valence-electron chi connectivity index (χ1n) is 11.7. The van der Waals surface area contributed by atoms with Crippen LogP contribution >= 0.6 is 0 Å². The van der Waals surface area contributed by atoms with E-state index in [1.54, 1.807) is 20.8 Å². The molecular formula is C31H46O4Y3-4. The molecule has 4 nitrogen and oxygen atoms in total. The van der Waals surface area contributed by atoms with Gasteiger partial charge in [0.25, 0.3) is 0 Å². The van der Waals surface area contributed by atoms with Gasteiger partial charge in [-0.05, 0) is 20.0 Å². The van der Waals surface area contributed by atoms with Crippen LogP contribution in [0.5, 0.6) is 0 Å². The molecule has 3 radical (unpaired) electrons. The quantitative estimate of drug-likeness (QED) is 0.177. The summed E-state index contributed by atoms with van der Waals surface area (Å²) in [6.07, 6.45) is -0.297. The minimum absolute atomic E-state index is 0. The van der Waals surface area contributed by atoms with Crippen LogP contribution in [0.4, 0.5) is 0 Å². The Kier molecular flexibility index (Phi) is 63.1. The van der Waals surface area contributed by atoms with Gasteiger partial charge in [0.05, 0.1) is 6.61 Å². The van der Waals surface area contributed by atoms with Crippen LogP contribution in [0.15, 0.2) is 85.0 Å². The average Bonchev–Trinajstić information content (AvgIpc) is 2.87. The minimum atomic E-state index is -0.377. The maximum Gasteiger partial charge on any atom is 0.333 e. The SMILES string of the molecule is C=C(C)C(=O)OC([CH2-])C.C=C(C)C(=O)OCC([CH2-])C.CC.CC.[Y].[Y].[Y].[c-]1ccccc1.[c-]1ccccc1. The molecule has 2 aromatic rings. The Hall–Kier alpha value is 0.172. The van der Waals surface area contributed by atoms with Crippen LogP contribution in [0, 0.1) is 31.9 Å². The Morgan fingerprint density at radius 1 is 0.711 bits per heavy atom. The largest absolute Gasteiger partial charge is 0.493 e. The zero-order valence-corrected chi connectivity index (χ0v) is 33.3. The molecule has 7 heteroatoms. The zero-order valence-electron chi connectivity index (χ0n) is 24.8. The molecule has 0 saturated carbocycles. The monoisotopic (exact) mass is 749 g/mol. The molecule has 0 fully saturated rings. The van der Waals surface area contributed by atoms with E-state index in [1.807, 2.05) is 95.3 Å². The fraction of sp³-hybridized carbons (Fsp3) is 0.355. The van der Waals surface area contributed by atoms with Crippen LogP contribution in [0.25, 0.3) is 0 Å². The van der Waals surface area contributed by atoms with Gasteiger partial charge in [0.1, 0.15) is 0 Å². The number of benzene rings is 2. The van der Waals surface area contributed by atoms with Gasteiger partial charge in [-0.2, -0.15) is 72.8 Å². The predicted octanol–water partition coefficient (Wildman–Crippen LogP) is 7.92. The van der Waals surface area contributed by atoms with E-state index in [4.69, 9.17) is 4.74 Å². The number of hydrogen-bond acceptors (Lipinski definition) is 4. The molecule has 0 heterocycles. The second-order valence-corrected chi connectivity index (χ2v) is 6.63. The number of carbonyl (C=O) groups excluding carboxylic acids is 2. The molecule has 38 heavy (non-hydrogen) atoms. The topological polar surface area (TPSA) is 52.6 Å². The molecular weight excluding hydrogens is 703 g/mol. The van der Waals surface area contributed by atoms with Crippen molar-refractivity contribution in [2.75, 3.05) is 6.61 Å². The number of hydrogen-bond donors (Lipinski definition) is 0. The first-order valence-corrected chi connectivity index (χ1v) is 11.7. The summed E-state index contributed by atoms with van der Waals surface area (Å²) in [5.41, 5.74) is 0.839. The fourth-order valence-corrected chi connectivity index (χ4v) is 1.31. The number of rotatable bonds is 5. The summed E-state index contributed by atoms with van der Waals surface area (Å²) in [5.74, 6) is -0.573. The van der Waals surface area contributed by atoms with Crippen molar-refractivity contribution in [1.82, 2.24) is 0 Å². The molecule has 0 aromatic heterocycles. The van der Waals surface area contributed by atoms with E-state index in [0.29, 0.717) is 17.8 Å². The van der Waals surface area contributed by atoms with Crippen LogP contribution in [0.2, 0.25) is 0 Å². The standard InChI is InChI=1S/C8H13O2.C7H11O2.2C6H5.2C2H6.3Y/c1-6(2)5-10-8(9)7(3)4;1-5(2)7(8)9-6(3)4;2*1-2-4-6-5-3-1;2*1-2;;;/h6H,1,3,5H2,2,4H3;6H,1,3H2,2,4H3;2*1-5H;2*1-2H3;;;/q4*-1;;;;;. The second kappa shape index (κ2) is 44.2. The van der Waals surface area contributed by atoms with Crippen molar-refractivity contribution in [1.29, 1.82) is 0 Å². The molecule has 0 amide bonds. The summed E-state index contributed by atoms with van der Waals surface area (Å²) in [6.45, 7) is 29.1. The Morgan fingerprint density at radius 2 is 1.03 bits per heavy atom. The molecule has 2 rings (SSSR count). The van der Waals surface area contributed by atoms with Crippen LogP contribution in [0.3, 0.4) is 0 Å². The summed E-state index contributed by atoms with van der Waals surface area (Å²) >= 11 is 0. The normalized spacial score (nSPS) is 9.00. The smallest absolute Gasteiger partial charge is 0.333 e. The van der Waals surface area contributed by atoms with Crippen molar-refractivity contribution in [3.05, 3.63) is 111 Å². The van der Waals surface area contributed by atoms with Crippen molar-refractivity contribution in [2.45, 2.75) is 61.5 Å². The zero-order chi connectivity index (χ0) is 28.1. The average molecular weight is 749 g/mol. The van der Waals surface area contributed by atoms with Crippen LogP contribution in [-0.2, 0) is 117 Å². The van der Waals surface area contributed by atoms with Gasteiger partial charge in [0, 0.05) is 109 Å². The maximum atomic E-state index is 10.7. The van der Waals surface area contributed by atoms with E-state index in [0.717, 1.165) is 0 Å². The number of ether oxygens (including phenoxy) is 2. The summed E-state index contributed by atoms with van der Waals surface area (Å²) in [4.78, 5) is 21.3. The maximum absolute atomic E-state index is 10.7. The molecule has 0 aliphatic heterocycles. The number of esters is 2. The van der Waals surface area contributed by atoms with Crippen molar-refractivity contribution in [2.24, 2.45) is 5.92 Å². The Bertz CT molecular complexity index is 650. The van der Waals surface area contributed by atoms with Crippen molar-refractivity contribution < 1.29 is 117 Å². The first kappa shape index (κ1) is 54.3. The van der Waals surface area contributed by atoms with Crippen molar-refractivity contribution in [3.63, 3.8) is 0 Å².